The van der Waals surface area contributed by atoms with Crippen LogP contribution in [0, 0.1) is 40.4 Å². The highest BCUT2D eigenvalue weighted by molar-refractivity contribution is 5.93. The minimum atomic E-state index is -0.246. The molecule has 5 heteroatoms. The molecule has 1 aromatic rings. The Morgan fingerprint density at radius 2 is 1.76 bits per heavy atom. The monoisotopic (exact) mass is 451 g/mol. The Balaban J connectivity index is 1.08. The molecule has 2 atom stereocenters. The standard InChI is InChI=1S/C28H41N3O2/c1-27(2)11-22-12-28(3,15-27)16-31(22)14-21-4-5-23(26(33)30-21)25(32)29-13-24-19-7-17-6-18(9-19)10-20(24)8-17/h4-5,17-20,22,24H,6-16H2,1-3H3,(H,29,32)(H,30,33)/t17?,18?,19?,20?,22-,24?,28+/m1/s1. The van der Waals surface area contributed by atoms with Crippen molar-refractivity contribution < 1.29 is 4.79 Å². The van der Waals surface area contributed by atoms with Crippen LogP contribution in [0.5, 0.6) is 0 Å². The van der Waals surface area contributed by atoms with E-state index in [4.69, 9.17) is 0 Å². The average molecular weight is 452 g/mol. The molecule has 2 heterocycles. The number of H-pyrrole nitrogens is 1. The van der Waals surface area contributed by atoms with Gasteiger partial charge in [-0.25, -0.2) is 0 Å². The fourth-order valence-corrected chi connectivity index (χ4v) is 9.44. The Morgan fingerprint density at radius 1 is 1.06 bits per heavy atom. The zero-order chi connectivity index (χ0) is 23.0. The lowest BCUT2D eigenvalue weighted by Crippen LogP contribution is -2.49. The van der Waals surface area contributed by atoms with Crippen molar-refractivity contribution >= 4 is 5.91 Å². The van der Waals surface area contributed by atoms with Crippen LogP contribution in [-0.2, 0) is 6.54 Å². The van der Waals surface area contributed by atoms with Crippen molar-refractivity contribution in [2.24, 2.45) is 40.4 Å². The summed E-state index contributed by atoms with van der Waals surface area (Å²) in [5, 5.41) is 3.14. The molecule has 6 fully saturated rings. The van der Waals surface area contributed by atoms with Crippen LogP contribution in [0.1, 0.15) is 88.2 Å². The van der Waals surface area contributed by atoms with E-state index >= 15 is 0 Å². The Labute approximate surface area is 198 Å². The van der Waals surface area contributed by atoms with E-state index in [9.17, 15) is 9.59 Å². The molecule has 1 amide bonds. The number of nitrogens with zero attached hydrogens (tertiary/aromatic N) is 1. The topological polar surface area (TPSA) is 65.2 Å². The summed E-state index contributed by atoms with van der Waals surface area (Å²) in [6.07, 6.45) is 10.6. The molecule has 6 bridgehead atoms. The maximum absolute atomic E-state index is 12.9. The maximum atomic E-state index is 12.9. The van der Waals surface area contributed by atoms with Gasteiger partial charge in [0.1, 0.15) is 5.56 Å². The third-order valence-electron chi connectivity index (χ3n) is 10.0. The third-order valence-corrected chi connectivity index (χ3v) is 10.0. The van der Waals surface area contributed by atoms with Crippen molar-refractivity contribution in [3.63, 3.8) is 0 Å². The van der Waals surface area contributed by atoms with Gasteiger partial charge in [0.05, 0.1) is 0 Å². The number of likely N-dealkylation sites (tertiary alicyclic amines) is 1. The summed E-state index contributed by atoms with van der Waals surface area (Å²) in [5.41, 5.74) is 1.70. The van der Waals surface area contributed by atoms with Gasteiger partial charge in [-0.2, -0.15) is 0 Å². The van der Waals surface area contributed by atoms with Gasteiger partial charge in [-0.15, -0.1) is 0 Å². The number of aromatic amines is 1. The van der Waals surface area contributed by atoms with E-state index in [1.807, 2.05) is 6.07 Å². The van der Waals surface area contributed by atoms with Crippen LogP contribution >= 0.6 is 0 Å². The Kier molecular flexibility index (Phi) is 5.10. The SMILES string of the molecule is CC1(C)C[C@@H]2C[C@](C)(CN2Cc2ccc(C(=O)NCC3C4CC5CC(C4)CC3C5)c(=O)[nH]2)C1. The van der Waals surface area contributed by atoms with Gasteiger partial charge in [0.25, 0.3) is 11.5 Å². The first kappa shape index (κ1) is 21.9. The Morgan fingerprint density at radius 3 is 2.42 bits per heavy atom. The van der Waals surface area contributed by atoms with Gasteiger partial charge < -0.3 is 10.3 Å². The van der Waals surface area contributed by atoms with Crippen LogP contribution < -0.4 is 10.9 Å². The molecule has 1 aliphatic heterocycles. The highest BCUT2D eigenvalue weighted by atomic mass is 16.2. The summed E-state index contributed by atoms with van der Waals surface area (Å²) in [6, 6.07) is 4.29. The highest BCUT2D eigenvalue weighted by Crippen LogP contribution is 2.56. The van der Waals surface area contributed by atoms with Crippen molar-refractivity contribution in [3.8, 4) is 0 Å². The number of aromatic nitrogens is 1. The van der Waals surface area contributed by atoms with Crippen molar-refractivity contribution in [1.29, 1.82) is 0 Å². The summed E-state index contributed by atoms with van der Waals surface area (Å²) < 4.78 is 0. The lowest BCUT2D eigenvalue weighted by molar-refractivity contribution is -0.0347. The van der Waals surface area contributed by atoms with Gasteiger partial charge >= 0.3 is 0 Å². The van der Waals surface area contributed by atoms with Gasteiger partial charge in [-0.1, -0.05) is 20.8 Å². The average Bonchev–Trinajstić information content (AvgIpc) is 2.94. The fourth-order valence-electron chi connectivity index (χ4n) is 9.44. The Bertz CT molecular complexity index is 969. The molecule has 180 valence electrons. The van der Waals surface area contributed by atoms with Crippen LogP contribution in [0.15, 0.2) is 16.9 Å². The second kappa shape index (κ2) is 7.69. The number of nitrogens with one attached hydrogen (secondary N) is 2. The first-order valence-corrected chi connectivity index (χ1v) is 13.4. The predicted octanol–water partition coefficient (Wildman–Crippen LogP) is 4.58. The quantitative estimate of drug-likeness (QED) is 0.689. The zero-order valence-electron chi connectivity index (χ0n) is 20.7. The molecule has 2 N–H and O–H groups in total. The molecule has 0 aromatic carbocycles. The van der Waals surface area contributed by atoms with Gasteiger partial charge in [-0.3, -0.25) is 14.5 Å². The third kappa shape index (κ3) is 4.09. The number of carbonyl (C=O) groups is 1. The molecule has 5 nitrogen and oxygen atoms in total. The molecule has 1 aromatic heterocycles. The lowest BCUT2D eigenvalue weighted by atomic mass is 9.52. The van der Waals surface area contributed by atoms with Gasteiger partial charge in [0.15, 0.2) is 0 Å². The number of fused-ring (bicyclic) bond motifs is 2. The molecular formula is C28H41N3O2. The summed E-state index contributed by atoms with van der Waals surface area (Å²) >= 11 is 0. The van der Waals surface area contributed by atoms with Crippen molar-refractivity contribution in [1.82, 2.24) is 15.2 Å². The van der Waals surface area contributed by atoms with E-state index in [-0.39, 0.29) is 17.0 Å². The zero-order valence-corrected chi connectivity index (χ0v) is 20.7. The smallest absolute Gasteiger partial charge is 0.261 e. The maximum Gasteiger partial charge on any atom is 0.261 e. The molecule has 6 aliphatic rings. The van der Waals surface area contributed by atoms with Gasteiger partial charge in [0.2, 0.25) is 0 Å². The number of pyridine rings is 1. The van der Waals surface area contributed by atoms with E-state index in [1.54, 1.807) is 6.07 Å². The molecule has 5 aliphatic carbocycles. The summed E-state index contributed by atoms with van der Waals surface area (Å²) in [4.78, 5) is 31.3. The normalized spacial score (nSPS) is 40.8. The molecular weight excluding hydrogens is 410 g/mol. The Hall–Kier alpha value is -1.62. The number of amides is 1. The van der Waals surface area contributed by atoms with E-state index in [0.717, 1.165) is 49.0 Å². The molecule has 33 heavy (non-hydrogen) atoms. The van der Waals surface area contributed by atoms with Crippen molar-refractivity contribution in [2.45, 2.75) is 84.7 Å². The van der Waals surface area contributed by atoms with Crippen LogP contribution in [-0.4, -0.2) is 34.9 Å². The van der Waals surface area contributed by atoms with Crippen molar-refractivity contribution in [2.75, 3.05) is 13.1 Å². The first-order chi connectivity index (χ1) is 15.7. The van der Waals surface area contributed by atoms with Crippen LogP contribution in [0.4, 0.5) is 0 Å². The number of rotatable bonds is 5. The molecule has 1 saturated heterocycles. The van der Waals surface area contributed by atoms with E-state index < -0.39 is 0 Å². The van der Waals surface area contributed by atoms with Crippen LogP contribution in [0.2, 0.25) is 0 Å². The fraction of sp³-hybridized carbons (Fsp3) is 0.786. The predicted molar refractivity (Wildman–Crippen MR) is 130 cm³/mol. The van der Waals surface area contributed by atoms with E-state index in [1.165, 1.54) is 51.4 Å². The minimum Gasteiger partial charge on any atom is -0.352 e. The molecule has 0 spiro atoms. The summed E-state index contributed by atoms with van der Waals surface area (Å²) in [5.74, 6) is 3.86. The lowest BCUT2D eigenvalue weighted by Gasteiger charge is -2.54. The van der Waals surface area contributed by atoms with Crippen LogP contribution in [0.25, 0.3) is 0 Å². The largest absolute Gasteiger partial charge is 0.352 e. The van der Waals surface area contributed by atoms with E-state index in [0.29, 0.717) is 22.8 Å². The number of hydrogen-bond donors (Lipinski definition) is 2. The summed E-state index contributed by atoms with van der Waals surface area (Å²) in [7, 11) is 0. The summed E-state index contributed by atoms with van der Waals surface area (Å²) in [6.45, 7) is 9.79. The second-order valence-corrected chi connectivity index (χ2v) is 13.6. The second-order valence-electron chi connectivity index (χ2n) is 13.6. The number of hydrogen-bond acceptors (Lipinski definition) is 3. The molecule has 0 radical (unpaired) electrons. The first-order valence-electron chi connectivity index (χ1n) is 13.4. The minimum absolute atomic E-state index is 0.206. The van der Waals surface area contributed by atoms with E-state index in [2.05, 4.69) is 36.0 Å². The highest BCUT2D eigenvalue weighted by Gasteiger charge is 2.50. The molecule has 5 saturated carbocycles. The number of carbonyl (C=O) groups excluding carboxylic acids is 1. The molecule has 7 rings (SSSR count). The van der Waals surface area contributed by atoms with Gasteiger partial charge in [0, 0.05) is 31.4 Å². The molecule has 0 unspecified atom stereocenters. The van der Waals surface area contributed by atoms with Crippen molar-refractivity contribution in [3.05, 3.63) is 33.7 Å². The van der Waals surface area contributed by atoms with Gasteiger partial charge in [-0.05, 0) is 104 Å². The van der Waals surface area contributed by atoms with Crippen LogP contribution in [0.3, 0.4) is 0 Å².